The van der Waals surface area contributed by atoms with E-state index in [0.29, 0.717) is 42.1 Å². The van der Waals surface area contributed by atoms with Gasteiger partial charge in [-0.1, -0.05) is 0 Å². The van der Waals surface area contributed by atoms with Crippen molar-refractivity contribution in [2.45, 2.75) is 26.4 Å². The van der Waals surface area contributed by atoms with Crippen LogP contribution in [0.2, 0.25) is 0 Å². The van der Waals surface area contributed by atoms with Crippen LogP contribution in [0.5, 0.6) is 11.5 Å². The molecule has 0 saturated carbocycles. The second-order valence-electron chi connectivity index (χ2n) is 8.35. The largest absolute Gasteiger partial charge is 0.455 e. The third-order valence-electron chi connectivity index (χ3n) is 6.17. The molecule has 4 aromatic rings. The highest BCUT2D eigenvalue weighted by atomic mass is 16.5. The first kappa shape index (κ1) is 21.0. The number of ether oxygens (including phenoxy) is 1. The number of hydrogen-bond acceptors (Lipinski definition) is 5. The van der Waals surface area contributed by atoms with Crippen LogP contribution in [0, 0.1) is 13.8 Å². The molecule has 1 saturated heterocycles. The van der Waals surface area contributed by atoms with Crippen molar-refractivity contribution in [2.75, 3.05) is 20.1 Å². The lowest BCUT2D eigenvalue weighted by Gasteiger charge is -2.15. The summed E-state index contributed by atoms with van der Waals surface area (Å²) in [6.07, 6.45) is 3.45. The average molecular weight is 447 g/mol. The summed E-state index contributed by atoms with van der Waals surface area (Å²) >= 11 is 0. The number of rotatable bonds is 3. The standard InChI is InChI=1S/C24H25N5O4/c1-14-10-16-11-18(4-5-20(16)29(14)24(32)25-3)33-21-6-8-26-28-13-19(15(2)22(21)28)23(31)27-9-7-17(30)12-27/h4-6,8,10-11,13,17,30H,7,9,12H2,1-3H3,(H,25,32)/t17-/m0/s1. The molecule has 0 aliphatic carbocycles. The third-order valence-corrected chi connectivity index (χ3v) is 6.17. The first-order valence-corrected chi connectivity index (χ1v) is 10.8. The van der Waals surface area contributed by atoms with Crippen LogP contribution in [0.3, 0.4) is 0 Å². The molecule has 33 heavy (non-hydrogen) atoms. The predicted molar refractivity (Wildman–Crippen MR) is 123 cm³/mol. The summed E-state index contributed by atoms with van der Waals surface area (Å²) in [5.41, 5.74) is 3.64. The molecule has 1 atom stereocenters. The zero-order valence-electron chi connectivity index (χ0n) is 18.7. The number of aliphatic hydroxyl groups excluding tert-OH is 1. The molecule has 2 amide bonds. The molecule has 3 aromatic heterocycles. The van der Waals surface area contributed by atoms with Crippen molar-refractivity contribution in [3.63, 3.8) is 0 Å². The number of benzene rings is 1. The zero-order chi connectivity index (χ0) is 23.3. The van der Waals surface area contributed by atoms with Gasteiger partial charge in [0.15, 0.2) is 5.75 Å². The van der Waals surface area contributed by atoms with Gasteiger partial charge < -0.3 is 20.1 Å². The molecule has 2 N–H and O–H groups in total. The number of carbonyl (C=O) groups excluding carboxylic acids is 2. The summed E-state index contributed by atoms with van der Waals surface area (Å²) in [6.45, 7) is 4.64. The lowest BCUT2D eigenvalue weighted by molar-refractivity contribution is 0.0764. The maximum atomic E-state index is 13.0. The van der Waals surface area contributed by atoms with Gasteiger partial charge >= 0.3 is 6.03 Å². The fourth-order valence-corrected chi connectivity index (χ4v) is 4.52. The second kappa shape index (κ2) is 7.93. The monoisotopic (exact) mass is 447 g/mol. The smallest absolute Gasteiger partial charge is 0.325 e. The Labute approximate surface area is 190 Å². The van der Waals surface area contributed by atoms with Gasteiger partial charge in [-0.15, -0.1) is 0 Å². The maximum Gasteiger partial charge on any atom is 0.325 e. The summed E-state index contributed by atoms with van der Waals surface area (Å²) in [7, 11) is 1.60. The summed E-state index contributed by atoms with van der Waals surface area (Å²) in [4.78, 5) is 26.9. The first-order chi connectivity index (χ1) is 15.9. The topological polar surface area (TPSA) is 101 Å². The van der Waals surface area contributed by atoms with E-state index in [1.165, 1.54) is 0 Å². The van der Waals surface area contributed by atoms with Crippen molar-refractivity contribution in [1.29, 1.82) is 0 Å². The number of hydrogen-bond donors (Lipinski definition) is 2. The van der Waals surface area contributed by atoms with Gasteiger partial charge in [-0.25, -0.2) is 9.31 Å². The van der Waals surface area contributed by atoms with Crippen molar-refractivity contribution in [1.82, 2.24) is 24.4 Å². The molecule has 1 aliphatic rings. The molecule has 0 radical (unpaired) electrons. The van der Waals surface area contributed by atoms with Gasteiger partial charge in [0.05, 0.1) is 23.4 Å². The summed E-state index contributed by atoms with van der Waals surface area (Å²) in [5, 5.41) is 17.7. The molecule has 1 aromatic carbocycles. The highest BCUT2D eigenvalue weighted by Crippen LogP contribution is 2.33. The third kappa shape index (κ3) is 3.50. The van der Waals surface area contributed by atoms with E-state index in [0.717, 1.165) is 22.2 Å². The van der Waals surface area contributed by atoms with E-state index >= 15 is 0 Å². The molecule has 0 bridgehead atoms. The molecular formula is C24H25N5O4. The Morgan fingerprint density at radius 2 is 2.03 bits per heavy atom. The molecule has 5 rings (SSSR count). The number of fused-ring (bicyclic) bond motifs is 2. The number of carbonyl (C=O) groups is 2. The summed E-state index contributed by atoms with van der Waals surface area (Å²) < 4.78 is 9.48. The second-order valence-corrected chi connectivity index (χ2v) is 8.35. The molecule has 4 heterocycles. The number of nitrogens with one attached hydrogen (secondary N) is 1. The molecule has 0 unspecified atom stereocenters. The van der Waals surface area contributed by atoms with Crippen LogP contribution in [0.4, 0.5) is 4.79 Å². The fraction of sp³-hybridized carbons (Fsp3) is 0.292. The molecule has 1 fully saturated rings. The van der Waals surface area contributed by atoms with E-state index in [4.69, 9.17) is 4.74 Å². The Morgan fingerprint density at radius 1 is 1.21 bits per heavy atom. The lowest BCUT2D eigenvalue weighted by atomic mass is 10.1. The number of nitrogens with zero attached hydrogens (tertiary/aromatic N) is 4. The minimum Gasteiger partial charge on any atom is -0.455 e. The van der Waals surface area contributed by atoms with E-state index in [-0.39, 0.29) is 11.9 Å². The van der Waals surface area contributed by atoms with Crippen LogP contribution in [-0.2, 0) is 0 Å². The van der Waals surface area contributed by atoms with Gasteiger partial charge in [0.25, 0.3) is 5.91 Å². The van der Waals surface area contributed by atoms with Crippen LogP contribution in [0.25, 0.3) is 16.4 Å². The van der Waals surface area contributed by atoms with Crippen LogP contribution >= 0.6 is 0 Å². The van der Waals surface area contributed by atoms with Gasteiger partial charge in [0.1, 0.15) is 11.3 Å². The predicted octanol–water partition coefficient (Wildman–Crippen LogP) is 3.09. The van der Waals surface area contributed by atoms with Crippen molar-refractivity contribution in [2.24, 2.45) is 0 Å². The molecule has 0 spiro atoms. The average Bonchev–Trinajstić information content (AvgIpc) is 3.47. The number of aryl methyl sites for hydroxylation is 2. The highest BCUT2D eigenvalue weighted by Gasteiger charge is 2.28. The van der Waals surface area contributed by atoms with Crippen LogP contribution < -0.4 is 10.1 Å². The van der Waals surface area contributed by atoms with Crippen molar-refractivity contribution >= 4 is 28.4 Å². The van der Waals surface area contributed by atoms with E-state index in [1.54, 1.807) is 39.5 Å². The summed E-state index contributed by atoms with van der Waals surface area (Å²) in [6, 6.07) is 9.05. The quantitative estimate of drug-likeness (QED) is 0.503. The minimum absolute atomic E-state index is 0.118. The summed E-state index contributed by atoms with van der Waals surface area (Å²) in [5.74, 6) is 1.07. The van der Waals surface area contributed by atoms with Gasteiger partial charge in [0, 0.05) is 43.5 Å². The fourth-order valence-electron chi connectivity index (χ4n) is 4.52. The van der Waals surface area contributed by atoms with Crippen LogP contribution in [-0.4, -0.2) is 62.4 Å². The number of likely N-dealkylation sites (tertiary alicyclic amines) is 1. The zero-order valence-corrected chi connectivity index (χ0v) is 18.7. The van der Waals surface area contributed by atoms with Crippen molar-refractivity contribution in [3.05, 3.63) is 59.5 Å². The Morgan fingerprint density at radius 3 is 2.76 bits per heavy atom. The van der Waals surface area contributed by atoms with E-state index < -0.39 is 6.10 Å². The lowest BCUT2D eigenvalue weighted by Crippen LogP contribution is -2.29. The van der Waals surface area contributed by atoms with Crippen LogP contribution in [0.15, 0.2) is 42.7 Å². The minimum atomic E-state index is -0.472. The molecular weight excluding hydrogens is 422 g/mol. The maximum absolute atomic E-state index is 13.0. The van der Waals surface area contributed by atoms with Gasteiger partial charge in [-0.2, -0.15) is 5.10 Å². The van der Waals surface area contributed by atoms with Crippen molar-refractivity contribution < 1.29 is 19.4 Å². The van der Waals surface area contributed by atoms with Crippen molar-refractivity contribution in [3.8, 4) is 11.5 Å². The number of β-amino-alcohol motifs (C(OH)–C–C–N with tert-alkyl or cyclic N) is 1. The molecule has 9 heteroatoms. The Balaban J connectivity index is 1.50. The van der Waals surface area contributed by atoms with E-state index in [2.05, 4.69) is 10.4 Å². The Bertz CT molecular complexity index is 1400. The molecule has 1 aliphatic heterocycles. The van der Waals surface area contributed by atoms with E-state index in [9.17, 15) is 14.7 Å². The molecule has 9 nitrogen and oxygen atoms in total. The Hall–Kier alpha value is -3.85. The van der Waals surface area contributed by atoms with E-state index in [1.807, 2.05) is 38.1 Å². The van der Waals surface area contributed by atoms with Gasteiger partial charge in [-0.3, -0.25) is 9.36 Å². The number of aliphatic hydroxyl groups is 1. The Kier molecular flexibility index (Phi) is 5.05. The van der Waals surface area contributed by atoms with Gasteiger partial charge in [0.2, 0.25) is 0 Å². The highest BCUT2D eigenvalue weighted by molar-refractivity contribution is 5.98. The first-order valence-electron chi connectivity index (χ1n) is 10.8. The number of aromatic nitrogens is 3. The normalized spacial score (nSPS) is 16.0. The van der Waals surface area contributed by atoms with Crippen LogP contribution in [0.1, 0.15) is 28.0 Å². The SMILES string of the molecule is CNC(=O)n1c(C)cc2cc(Oc3ccnn4cc(C(=O)N5CC[C@H](O)C5)c(C)c34)ccc21. The molecule has 170 valence electrons. The number of amides is 2. The van der Waals surface area contributed by atoms with Gasteiger partial charge in [-0.05, 0) is 50.1 Å².